The molecule has 0 radical (unpaired) electrons. The molecule has 3 aliphatic heterocycles. The third kappa shape index (κ3) is 1.75. The third-order valence-corrected chi connectivity index (χ3v) is 3.87. The van der Waals surface area contributed by atoms with Gasteiger partial charge in [0.25, 0.3) is 0 Å². The fraction of sp³-hybridized carbons (Fsp3) is 0.923. The van der Waals surface area contributed by atoms with Gasteiger partial charge in [-0.15, -0.1) is 0 Å². The zero-order chi connectivity index (χ0) is 12.1. The maximum Gasteiger partial charge on any atom is 0.240 e. The molecule has 3 saturated heterocycles. The first kappa shape index (κ1) is 11.9. The molecule has 3 nitrogen and oxygen atoms in total. The molecule has 3 fully saturated rings. The van der Waals surface area contributed by atoms with Crippen LogP contribution in [0.5, 0.6) is 0 Å². The van der Waals surface area contributed by atoms with Crippen LogP contribution in [0, 0.1) is 0 Å². The summed E-state index contributed by atoms with van der Waals surface area (Å²) in [6.45, 7) is 11.9. The van der Waals surface area contributed by atoms with E-state index in [1.165, 1.54) is 6.42 Å². The summed E-state index contributed by atoms with van der Waals surface area (Å²) in [5, 5.41) is 0. The zero-order valence-electron chi connectivity index (χ0n) is 11.2. The number of carbonyl (C=O) groups is 1. The van der Waals surface area contributed by atoms with Crippen molar-refractivity contribution < 1.29 is 4.79 Å². The molecule has 3 rings (SSSR count). The molecule has 2 unspecified atom stereocenters. The lowest BCUT2D eigenvalue weighted by molar-refractivity contribution is -0.163. The summed E-state index contributed by atoms with van der Waals surface area (Å²) in [6, 6.07) is 1.06. The average molecular weight is 224 g/mol. The maximum absolute atomic E-state index is 12.4. The van der Waals surface area contributed by atoms with Gasteiger partial charge in [-0.2, -0.15) is 0 Å². The van der Waals surface area contributed by atoms with Crippen molar-refractivity contribution in [2.75, 3.05) is 6.54 Å². The number of fused-ring (bicyclic) bond motifs is 3. The Morgan fingerprint density at radius 1 is 1.25 bits per heavy atom. The van der Waals surface area contributed by atoms with Crippen LogP contribution in [-0.2, 0) is 4.79 Å². The van der Waals surface area contributed by atoms with E-state index < -0.39 is 0 Å². The second kappa shape index (κ2) is 3.73. The molecule has 2 atom stereocenters. The van der Waals surface area contributed by atoms with Crippen molar-refractivity contribution in [2.24, 2.45) is 0 Å². The Morgan fingerprint density at radius 2 is 1.88 bits per heavy atom. The topological polar surface area (TPSA) is 23.6 Å². The first-order valence-electron chi connectivity index (χ1n) is 6.41. The summed E-state index contributed by atoms with van der Waals surface area (Å²) >= 11 is 0. The van der Waals surface area contributed by atoms with Crippen LogP contribution >= 0.6 is 0 Å². The number of amides is 1. The second-order valence-corrected chi connectivity index (χ2v) is 6.42. The van der Waals surface area contributed by atoms with Crippen molar-refractivity contribution in [3.63, 3.8) is 0 Å². The second-order valence-electron chi connectivity index (χ2n) is 6.42. The molecule has 16 heavy (non-hydrogen) atoms. The van der Waals surface area contributed by atoms with Gasteiger partial charge in [0.15, 0.2) is 0 Å². The number of piperazine rings is 1. The molecule has 92 valence electrons. The number of nitrogens with zero attached hydrogens (tertiary/aromatic N) is 2. The fourth-order valence-corrected chi connectivity index (χ4v) is 3.24. The molecule has 2 bridgehead atoms. The van der Waals surface area contributed by atoms with Gasteiger partial charge in [-0.05, 0) is 47.5 Å². The summed E-state index contributed by atoms with van der Waals surface area (Å²) < 4.78 is 0. The summed E-state index contributed by atoms with van der Waals surface area (Å²) in [7, 11) is 0. The van der Waals surface area contributed by atoms with Gasteiger partial charge in [-0.25, -0.2) is 0 Å². The smallest absolute Gasteiger partial charge is 0.240 e. The third-order valence-electron chi connectivity index (χ3n) is 3.87. The molecule has 0 aliphatic carbocycles. The highest BCUT2D eigenvalue weighted by Crippen LogP contribution is 2.35. The molecule has 0 spiro atoms. The van der Waals surface area contributed by atoms with Crippen LogP contribution in [0.25, 0.3) is 0 Å². The van der Waals surface area contributed by atoms with E-state index in [4.69, 9.17) is 0 Å². The zero-order valence-corrected chi connectivity index (χ0v) is 11.2. The van der Waals surface area contributed by atoms with Crippen LogP contribution < -0.4 is 0 Å². The fourth-order valence-electron chi connectivity index (χ4n) is 3.24. The Morgan fingerprint density at radius 3 is 2.31 bits per heavy atom. The van der Waals surface area contributed by atoms with Crippen molar-refractivity contribution in [1.82, 2.24) is 9.80 Å². The van der Waals surface area contributed by atoms with Crippen LogP contribution in [0.4, 0.5) is 0 Å². The number of piperidine rings is 2. The van der Waals surface area contributed by atoms with Gasteiger partial charge in [0.1, 0.15) is 0 Å². The minimum Gasteiger partial charge on any atom is -0.332 e. The number of carbonyl (C=O) groups excluding carboxylic acids is 1. The largest absolute Gasteiger partial charge is 0.332 e. The van der Waals surface area contributed by atoms with Gasteiger partial charge in [-0.3, -0.25) is 9.69 Å². The van der Waals surface area contributed by atoms with E-state index in [-0.39, 0.29) is 11.6 Å². The molecule has 3 aliphatic rings. The summed E-state index contributed by atoms with van der Waals surface area (Å²) in [4.78, 5) is 16.9. The molecular weight excluding hydrogens is 200 g/mol. The van der Waals surface area contributed by atoms with Gasteiger partial charge in [0, 0.05) is 24.2 Å². The molecule has 0 saturated carbocycles. The minimum atomic E-state index is -0.0243. The highest BCUT2D eigenvalue weighted by Gasteiger charge is 2.48. The molecule has 1 amide bonds. The van der Waals surface area contributed by atoms with Crippen molar-refractivity contribution in [1.29, 1.82) is 0 Å². The SMILES string of the molecule is CC(C)N1CC2CCC1C(=O)N2C(C)(C)C. The summed E-state index contributed by atoms with van der Waals surface area (Å²) in [5.74, 6) is 0.351. The van der Waals surface area contributed by atoms with Crippen LogP contribution in [0.3, 0.4) is 0 Å². The van der Waals surface area contributed by atoms with E-state index in [1.54, 1.807) is 0 Å². The van der Waals surface area contributed by atoms with Gasteiger partial charge < -0.3 is 4.90 Å². The predicted molar refractivity (Wildman–Crippen MR) is 65.3 cm³/mol. The molecule has 0 N–H and O–H groups in total. The van der Waals surface area contributed by atoms with E-state index in [9.17, 15) is 4.79 Å². The van der Waals surface area contributed by atoms with E-state index in [2.05, 4.69) is 44.4 Å². The minimum absolute atomic E-state index is 0.0243. The van der Waals surface area contributed by atoms with Crippen LogP contribution in [0.2, 0.25) is 0 Å². The molecule has 0 aromatic carbocycles. The van der Waals surface area contributed by atoms with E-state index in [0.29, 0.717) is 18.0 Å². The number of rotatable bonds is 1. The normalized spacial score (nSPS) is 31.6. The Hall–Kier alpha value is -0.570. The van der Waals surface area contributed by atoms with Crippen molar-refractivity contribution >= 4 is 5.91 Å². The molecule has 3 heteroatoms. The molecular formula is C13H24N2O. The monoisotopic (exact) mass is 224 g/mol. The maximum atomic E-state index is 12.4. The Labute approximate surface area is 98.8 Å². The lowest BCUT2D eigenvalue weighted by Gasteiger charge is -2.56. The number of hydrogen-bond donors (Lipinski definition) is 0. The Kier molecular flexibility index (Phi) is 2.77. The van der Waals surface area contributed by atoms with Gasteiger partial charge in [0.05, 0.1) is 6.04 Å². The van der Waals surface area contributed by atoms with Gasteiger partial charge in [-0.1, -0.05) is 0 Å². The van der Waals surface area contributed by atoms with Crippen LogP contribution in [0.15, 0.2) is 0 Å². The predicted octanol–water partition coefficient (Wildman–Crippen LogP) is 1.87. The van der Waals surface area contributed by atoms with E-state index in [1.807, 2.05) is 0 Å². The van der Waals surface area contributed by atoms with E-state index >= 15 is 0 Å². The molecule has 0 aromatic heterocycles. The van der Waals surface area contributed by atoms with Crippen LogP contribution in [0.1, 0.15) is 47.5 Å². The van der Waals surface area contributed by atoms with Crippen molar-refractivity contribution in [2.45, 2.75) is 71.1 Å². The average Bonchev–Trinajstić information content (AvgIpc) is 2.15. The first-order valence-corrected chi connectivity index (χ1v) is 6.41. The summed E-state index contributed by atoms with van der Waals surface area (Å²) in [5.41, 5.74) is -0.0243. The standard InChI is InChI=1S/C13H24N2O/c1-9(2)14-8-10-6-7-11(14)12(16)15(10)13(3,4)5/h9-11H,6-8H2,1-5H3. The lowest BCUT2D eigenvalue weighted by Crippen LogP contribution is -2.70. The van der Waals surface area contributed by atoms with Crippen molar-refractivity contribution in [3.05, 3.63) is 0 Å². The lowest BCUT2D eigenvalue weighted by atomic mass is 9.85. The summed E-state index contributed by atoms with van der Waals surface area (Å²) in [6.07, 6.45) is 2.23. The molecule has 3 heterocycles. The number of hydrogen-bond acceptors (Lipinski definition) is 2. The quantitative estimate of drug-likeness (QED) is 0.679. The van der Waals surface area contributed by atoms with Gasteiger partial charge in [0.2, 0.25) is 5.91 Å². The first-order chi connectivity index (χ1) is 7.32. The van der Waals surface area contributed by atoms with E-state index in [0.717, 1.165) is 13.0 Å². The van der Waals surface area contributed by atoms with Gasteiger partial charge >= 0.3 is 0 Å². The highest BCUT2D eigenvalue weighted by molar-refractivity contribution is 5.84. The highest BCUT2D eigenvalue weighted by atomic mass is 16.2. The van der Waals surface area contributed by atoms with Crippen molar-refractivity contribution in [3.8, 4) is 0 Å². The Bertz CT molecular complexity index is 293. The molecule has 0 aromatic rings. The Balaban J connectivity index is 2.24. The van der Waals surface area contributed by atoms with Crippen LogP contribution in [-0.4, -0.2) is 45.9 Å².